The Bertz CT molecular complexity index is 1950. The van der Waals surface area contributed by atoms with E-state index in [9.17, 15) is 61.8 Å². The minimum Gasteiger partial charge on any atom is -0.726 e. The fourth-order valence-corrected chi connectivity index (χ4v) is 5.39. The summed E-state index contributed by atoms with van der Waals surface area (Å²) in [5.41, 5.74) is -1.40. The highest BCUT2D eigenvalue weighted by Gasteiger charge is 2.25. The second-order valence-electron chi connectivity index (χ2n) is 14.0. The third-order valence-corrected chi connectivity index (χ3v) is 10.3. The van der Waals surface area contributed by atoms with Crippen molar-refractivity contribution in [3.63, 3.8) is 0 Å². The van der Waals surface area contributed by atoms with Gasteiger partial charge in [-0.25, -0.2) is 8.42 Å². The third-order valence-electron chi connectivity index (χ3n) is 9.11. The van der Waals surface area contributed by atoms with Crippen LogP contribution in [-0.2, 0) is 38.1 Å². The van der Waals surface area contributed by atoms with E-state index in [1.807, 2.05) is 0 Å². The minimum atomic E-state index is -4.41. The summed E-state index contributed by atoms with van der Waals surface area (Å²) in [4.78, 5) is 47.4. The number of piperazine rings is 2. The van der Waals surface area contributed by atoms with E-state index in [0.717, 1.165) is 104 Å². The summed E-state index contributed by atoms with van der Waals surface area (Å²) in [5.74, 6) is 0.124. The van der Waals surface area contributed by atoms with Crippen LogP contribution in [-0.4, -0.2) is 195 Å². The zero-order valence-electron chi connectivity index (χ0n) is 35.9. The third kappa shape index (κ3) is 24.0. The van der Waals surface area contributed by atoms with E-state index in [1.165, 1.54) is 37.1 Å². The predicted octanol–water partition coefficient (Wildman–Crippen LogP) is 1.82. The van der Waals surface area contributed by atoms with Crippen LogP contribution in [0.1, 0.15) is 12.8 Å². The lowest BCUT2D eigenvalue weighted by Crippen LogP contribution is -2.55. The average molecular weight is 945 g/mol. The number of rotatable bonds is 15. The number of nitro groups is 4. The van der Waals surface area contributed by atoms with Gasteiger partial charge in [-0.2, -0.15) is 8.42 Å². The Labute approximate surface area is 365 Å². The van der Waals surface area contributed by atoms with Crippen molar-refractivity contribution >= 4 is 43.5 Å². The van der Waals surface area contributed by atoms with Gasteiger partial charge in [0, 0.05) is 77.7 Å². The number of non-ortho nitro benzene ring substituents is 2. The first-order valence-electron chi connectivity index (χ1n) is 19.0. The number of hydrogen-bond donors (Lipinski definition) is 0. The fraction of sp³-hybridized carbons (Fsp3) is 0.647. The van der Waals surface area contributed by atoms with E-state index in [-0.39, 0.29) is 34.2 Å². The molecule has 0 spiro atoms. The summed E-state index contributed by atoms with van der Waals surface area (Å²) in [6.45, 7) is 11.8. The van der Waals surface area contributed by atoms with E-state index in [4.69, 9.17) is 14.2 Å². The molecule has 0 N–H and O–H groups in total. The molecule has 0 saturated carbocycles. The van der Waals surface area contributed by atoms with Gasteiger partial charge in [0.1, 0.15) is 13.2 Å². The van der Waals surface area contributed by atoms with Gasteiger partial charge in [-0.3, -0.25) is 62.8 Å². The Balaban J connectivity index is 0.000000454. The van der Waals surface area contributed by atoms with Gasteiger partial charge in [0.15, 0.2) is 11.5 Å². The minimum absolute atomic E-state index is 0.0599. The van der Waals surface area contributed by atoms with Crippen LogP contribution in [0.5, 0.6) is 11.5 Å². The molecule has 0 unspecified atom stereocenters. The van der Waals surface area contributed by atoms with Gasteiger partial charge in [0.2, 0.25) is 10.4 Å². The molecule has 3 saturated heterocycles. The number of quaternary nitrogens is 1. The van der Waals surface area contributed by atoms with Crippen LogP contribution < -0.4 is 9.47 Å². The van der Waals surface area contributed by atoms with Crippen LogP contribution in [0.2, 0.25) is 0 Å². The van der Waals surface area contributed by atoms with Crippen molar-refractivity contribution < 1.29 is 72.3 Å². The van der Waals surface area contributed by atoms with Crippen molar-refractivity contribution in [2.24, 2.45) is 0 Å². The van der Waals surface area contributed by atoms with Crippen molar-refractivity contribution in [2.45, 2.75) is 12.8 Å². The summed E-state index contributed by atoms with van der Waals surface area (Å²) in [5, 5.41) is 43.4. The van der Waals surface area contributed by atoms with Gasteiger partial charge in [-0.15, -0.1) is 0 Å². The van der Waals surface area contributed by atoms with Gasteiger partial charge in [-0.05, 0) is 32.0 Å². The number of nitrogens with zero attached hydrogens (tertiary/aromatic N) is 8. The summed E-state index contributed by atoms with van der Waals surface area (Å²) >= 11 is 0. The van der Waals surface area contributed by atoms with Gasteiger partial charge >= 0.3 is 21.8 Å². The van der Waals surface area contributed by atoms with Crippen LogP contribution in [0.25, 0.3) is 0 Å². The molecule has 3 fully saturated rings. The van der Waals surface area contributed by atoms with E-state index < -0.39 is 40.5 Å². The Kier molecular flexibility index (Phi) is 25.0. The smallest absolute Gasteiger partial charge is 0.399 e. The van der Waals surface area contributed by atoms with E-state index in [1.54, 1.807) is 0 Å². The van der Waals surface area contributed by atoms with Crippen molar-refractivity contribution in [3.8, 4) is 11.5 Å². The number of hydrogen-bond acceptors (Lipinski definition) is 22. The molecular weight excluding hydrogens is 889 g/mol. The number of ether oxygens (including phenoxy) is 3. The molecule has 3 aliphatic rings. The maximum absolute atomic E-state index is 11.0. The summed E-state index contributed by atoms with van der Waals surface area (Å²) in [6, 6.07) is 6.83. The van der Waals surface area contributed by atoms with Crippen molar-refractivity contribution in [1.29, 1.82) is 0 Å². The van der Waals surface area contributed by atoms with Crippen molar-refractivity contribution in [1.82, 2.24) is 14.7 Å². The quantitative estimate of drug-likeness (QED) is 0.0808. The van der Waals surface area contributed by atoms with Crippen LogP contribution in [0.3, 0.4) is 0 Å². The van der Waals surface area contributed by atoms with Crippen LogP contribution in [0.15, 0.2) is 36.4 Å². The zero-order chi connectivity index (χ0) is 47.8. The molecule has 358 valence electrons. The van der Waals surface area contributed by atoms with E-state index in [0.29, 0.717) is 26.3 Å². The van der Waals surface area contributed by atoms with Gasteiger partial charge in [-0.1, -0.05) is 0 Å². The first-order chi connectivity index (χ1) is 29.4. The van der Waals surface area contributed by atoms with Gasteiger partial charge in [0.05, 0.1) is 80.3 Å². The summed E-state index contributed by atoms with van der Waals surface area (Å²) in [6.07, 6.45) is 2.56. The highest BCUT2D eigenvalue weighted by Crippen LogP contribution is 2.32. The SMILES string of the molecule is C1CCOC1.CN1CCN(CCOc2ccc([N+](=O)[O-])cc2[N+](=O)[O-])CC1.COS(=O)(=O)OC.COS(=O)(=O)[O-].C[N+]1(C)CCN(CCOc2ccc([N+](=O)[O-])cc2[N+](=O)[O-])CC1. The molecule has 0 aliphatic carbocycles. The monoisotopic (exact) mass is 944 g/mol. The number of benzene rings is 2. The second kappa shape index (κ2) is 28.1. The molecule has 3 aliphatic heterocycles. The maximum atomic E-state index is 11.0. The lowest BCUT2D eigenvalue weighted by Gasteiger charge is -2.38. The molecule has 29 heteroatoms. The lowest BCUT2D eigenvalue weighted by molar-refractivity contribution is -0.894. The largest absolute Gasteiger partial charge is 0.726 e. The molecule has 0 radical (unpaired) electrons. The molecule has 27 nitrogen and oxygen atoms in total. The standard InChI is InChI=1S/C14H21N4O5.C13H18N4O5.C4H8O.C2H6O4S.CH4O4S/c1-18(2)8-5-15(6-9-18)7-10-23-14-4-3-12(16(19)20)11-13(14)17(21)22;1-14-4-6-15(7-5-14)8-9-22-13-3-2-11(16(18)19)10-12(13)17(20)21;1-2-4-5-3-1;1-5-7(3,4)6-2;1-5-6(2,3)4/h3-4,11H,5-10H2,1-2H3;2-3,10H,4-9H2,1H3;1-4H2;1-2H3;1H3,(H,2,3,4)/q+1;;;;/p-1. The Hall–Kier alpha value is -4.82. The molecule has 2 aromatic rings. The summed E-state index contributed by atoms with van der Waals surface area (Å²) in [7, 11) is 1.23. The first kappa shape index (κ1) is 56.2. The van der Waals surface area contributed by atoms with E-state index >= 15 is 0 Å². The highest BCUT2D eigenvalue weighted by molar-refractivity contribution is 7.81. The maximum Gasteiger partial charge on any atom is 0.399 e. The Morgan fingerprint density at radius 3 is 1.30 bits per heavy atom. The first-order valence-corrected chi connectivity index (χ1v) is 21.6. The molecule has 63 heavy (non-hydrogen) atoms. The van der Waals surface area contributed by atoms with Crippen molar-refractivity contribution in [3.05, 3.63) is 76.9 Å². The van der Waals surface area contributed by atoms with Gasteiger partial charge in [0.25, 0.3) is 11.4 Å². The Morgan fingerprint density at radius 2 is 1.02 bits per heavy atom. The molecule has 0 amide bonds. The normalized spacial score (nSPS) is 16.5. The molecule has 3 heterocycles. The highest BCUT2D eigenvalue weighted by atomic mass is 32.3. The van der Waals surface area contributed by atoms with Gasteiger partial charge < -0.3 is 28.1 Å². The second-order valence-corrected chi connectivity index (χ2v) is 16.7. The lowest BCUT2D eigenvalue weighted by atomic mass is 10.2. The predicted molar refractivity (Wildman–Crippen MR) is 222 cm³/mol. The number of nitro benzene ring substituents is 4. The molecule has 0 bridgehead atoms. The fourth-order valence-electron chi connectivity index (χ4n) is 5.26. The molecular formula is C34H56N8O19S2. The van der Waals surface area contributed by atoms with Crippen LogP contribution in [0.4, 0.5) is 22.7 Å². The molecule has 5 rings (SSSR count). The van der Waals surface area contributed by atoms with Crippen LogP contribution >= 0.6 is 0 Å². The van der Waals surface area contributed by atoms with Crippen molar-refractivity contribution in [2.75, 3.05) is 134 Å². The van der Waals surface area contributed by atoms with Crippen LogP contribution in [0, 0.1) is 40.5 Å². The molecule has 0 aromatic heterocycles. The summed E-state index contributed by atoms with van der Waals surface area (Å²) < 4.78 is 75.4. The zero-order valence-corrected chi connectivity index (χ0v) is 37.6. The van der Waals surface area contributed by atoms with E-state index in [2.05, 4.69) is 48.4 Å². The average Bonchev–Trinajstić information content (AvgIpc) is 3.83. The molecule has 2 aromatic carbocycles. The molecule has 0 atom stereocenters. The Morgan fingerprint density at radius 1 is 0.635 bits per heavy atom. The topological polar surface area (TPSA) is 329 Å². The number of likely N-dealkylation sites (N-methyl/N-ethyl adjacent to an activating group) is 2.